The molecule has 40 heavy (non-hydrogen) atoms. The quantitative estimate of drug-likeness (QED) is 0.237. The van der Waals surface area contributed by atoms with Crippen molar-refractivity contribution in [2.45, 2.75) is 0 Å². The van der Waals surface area contributed by atoms with Gasteiger partial charge in [0.25, 0.3) is 0 Å². The van der Waals surface area contributed by atoms with Gasteiger partial charge in [-0.3, -0.25) is 9.97 Å². The van der Waals surface area contributed by atoms with Crippen molar-refractivity contribution in [3.8, 4) is 22.3 Å². The zero-order valence-electron chi connectivity index (χ0n) is 21.6. The van der Waals surface area contributed by atoms with Crippen LogP contribution < -0.4 is 0 Å². The number of benzene rings is 4. The maximum absolute atomic E-state index is 5.27. The second-order valence-corrected chi connectivity index (χ2v) is 9.59. The van der Waals surface area contributed by atoms with Crippen molar-refractivity contribution in [3.63, 3.8) is 0 Å². The third-order valence-corrected chi connectivity index (χ3v) is 7.09. The number of nitrogens with zero attached hydrogens (tertiary/aromatic N) is 4. The SMILES string of the molecule is c1cncc(-c2ccc(C3=Nc4ccccc4C(c4ccc(-c5cccnc5)cc4)=Nc4ccccc43)cc2)c1. The fraction of sp³-hybridized carbons (Fsp3) is 0. The van der Waals surface area contributed by atoms with Crippen LogP contribution in [0, 0.1) is 0 Å². The molecule has 0 unspecified atom stereocenters. The first-order chi connectivity index (χ1) is 19.8. The van der Waals surface area contributed by atoms with Crippen LogP contribution >= 0.6 is 0 Å². The van der Waals surface area contributed by atoms with Gasteiger partial charge in [-0.1, -0.05) is 97.1 Å². The fourth-order valence-corrected chi connectivity index (χ4v) is 5.05. The summed E-state index contributed by atoms with van der Waals surface area (Å²) >= 11 is 0. The first-order valence-electron chi connectivity index (χ1n) is 13.2. The van der Waals surface area contributed by atoms with E-state index in [-0.39, 0.29) is 0 Å². The third kappa shape index (κ3) is 4.52. The monoisotopic (exact) mass is 512 g/mol. The number of pyridine rings is 2. The molecule has 3 heterocycles. The van der Waals surface area contributed by atoms with Crippen molar-refractivity contribution in [2.75, 3.05) is 0 Å². The number of aliphatic imine (C=N–C) groups is 2. The van der Waals surface area contributed by atoms with Crippen LogP contribution in [0.15, 0.2) is 156 Å². The van der Waals surface area contributed by atoms with Gasteiger partial charge in [-0.2, -0.15) is 0 Å². The number of hydrogen-bond acceptors (Lipinski definition) is 4. The summed E-state index contributed by atoms with van der Waals surface area (Å²) in [4.78, 5) is 19.1. The largest absolute Gasteiger partial charge is 0.264 e. The van der Waals surface area contributed by atoms with E-state index in [4.69, 9.17) is 9.98 Å². The lowest BCUT2D eigenvalue weighted by molar-refractivity contribution is 1.33. The number of aromatic nitrogens is 2. The molecule has 0 N–H and O–H groups in total. The summed E-state index contributed by atoms with van der Waals surface area (Å²) in [5.74, 6) is 0. The first-order valence-corrected chi connectivity index (χ1v) is 13.2. The lowest BCUT2D eigenvalue weighted by Gasteiger charge is -2.18. The standard InChI is InChI=1S/C36H24N4/c1-3-11-33-31(9-1)35(27-17-13-25(14-18-27)29-7-5-21-37-23-29)40-34-12-4-2-10-32(34)36(39-33)28-19-15-26(16-20-28)30-8-6-22-38-24-30/h1-24H. The van der Waals surface area contributed by atoms with Crippen LogP contribution in [0.5, 0.6) is 0 Å². The Kier molecular flexibility index (Phi) is 6.11. The zero-order valence-corrected chi connectivity index (χ0v) is 21.6. The lowest BCUT2D eigenvalue weighted by Crippen LogP contribution is -2.10. The summed E-state index contributed by atoms with van der Waals surface area (Å²) in [5, 5.41) is 0. The van der Waals surface area contributed by atoms with Gasteiger partial charge in [-0.05, 0) is 46.5 Å². The molecule has 0 radical (unpaired) electrons. The molecule has 1 aliphatic heterocycles. The minimum atomic E-state index is 0.887. The Morgan fingerprint density at radius 3 is 1.12 bits per heavy atom. The molecule has 0 fully saturated rings. The average molecular weight is 513 g/mol. The average Bonchev–Trinajstić information content (AvgIpc) is 3.03. The van der Waals surface area contributed by atoms with Crippen molar-refractivity contribution in [1.29, 1.82) is 0 Å². The second-order valence-electron chi connectivity index (χ2n) is 9.59. The first kappa shape index (κ1) is 23.6. The predicted octanol–water partition coefficient (Wildman–Crippen LogP) is 8.46. The van der Waals surface area contributed by atoms with Crippen molar-refractivity contribution in [2.24, 2.45) is 9.98 Å². The van der Waals surface area contributed by atoms with E-state index in [0.29, 0.717) is 0 Å². The Bertz CT molecular complexity index is 1710. The summed E-state index contributed by atoms with van der Waals surface area (Å²) < 4.78 is 0. The van der Waals surface area contributed by atoms with E-state index in [1.54, 1.807) is 12.4 Å². The van der Waals surface area contributed by atoms with Gasteiger partial charge in [0.1, 0.15) is 0 Å². The van der Waals surface area contributed by atoms with Crippen LogP contribution in [0.4, 0.5) is 11.4 Å². The Hall–Kier alpha value is -5.48. The van der Waals surface area contributed by atoms with Crippen molar-refractivity contribution < 1.29 is 0 Å². The van der Waals surface area contributed by atoms with Gasteiger partial charge < -0.3 is 0 Å². The molecule has 188 valence electrons. The van der Waals surface area contributed by atoms with Crippen LogP contribution in [0.1, 0.15) is 22.3 Å². The van der Waals surface area contributed by atoms with E-state index < -0.39 is 0 Å². The van der Waals surface area contributed by atoms with Crippen LogP contribution in [0.25, 0.3) is 22.3 Å². The number of fused-ring (bicyclic) bond motifs is 2. The van der Waals surface area contributed by atoms with Gasteiger partial charge in [0, 0.05) is 47.0 Å². The van der Waals surface area contributed by atoms with Crippen LogP contribution in [0.3, 0.4) is 0 Å². The molecular formula is C36H24N4. The summed E-state index contributed by atoms with van der Waals surface area (Å²) in [6.07, 6.45) is 7.35. The number of para-hydroxylation sites is 2. The third-order valence-electron chi connectivity index (χ3n) is 7.09. The highest BCUT2D eigenvalue weighted by molar-refractivity contribution is 6.22. The molecule has 0 aliphatic carbocycles. The molecule has 0 amide bonds. The molecule has 2 aromatic heterocycles. The molecule has 4 nitrogen and oxygen atoms in total. The normalized spacial score (nSPS) is 12.3. The molecule has 6 aromatic rings. The van der Waals surface area contributed by atoms with E-state index in [1.165, 1.54) is 0 Å². The van der Waals surface area contributed by atoms with Crippen LogP contribution in [-0.4, -0.2) is 21.4 Å². The Morgan fingerprint density at radius 2 is 0.725 bits per heavy atom. The van der Waals surface area contributed by atoms with E-state index in [1.807, 2.05) is 48.8 Å². The van der Waals surface area contributed by atoms with E-state index in [9.17, 15) is 0 Å². The van der Waals surface area contributed by atoms with Gasteiger partial charge in [0.05, 0.1) is 22.8 Å². The van der Waals surface area contributed by atoms with Crippen molar-refractivity contribution >= 4 is 22.8 Å². The van der Waals surface area contributed by atoms with Crippen molar-refractivity contribution in [3.05, 3.63) is 168 Å². The maximum atomic E-state index is 5.27. The van der Waals surface area contributed by atoms with Gasteiger partial charge in [-0.25, -0.2) is 9.98 Å². The van der Waals surface area contributed by atoms with Crippen LogP contribution in [-0.2, 0) is 0 Å². The predicted molar refractivity (Wildman–Crippen MR) is 163 cm³/mol. The summed E-state index contributed by atoms with van der Waals surface area (Å²) in [6.45, 7) is 0. The van der Waals surface area contributed by atoms with Crippen LogP contribution in [0.2, 0.25) is 0 Å². The summed E-state index contributed by atoms with van der Waals surface area (Å²) in [5.41, 5.74) is 12.0. The molecule has 0 atom stereocenters. The van der Waals surface area contributed by atoms with Crippen molar-refractivity contribution in [1.82, 2.24) is 9.97 Å². The highest BCUT2D eigenvalue weighted by Gasteiger charge is 2.20. The molecule has 4 aromatic carbocycles. The van der Waals surface area contributed by atoms with E-state index in [0.717, 1.165) is 67.3 Å². The molecule has 7 rings (SSSR count). The van der Waals surface area contributed by atoms with E-state index >= 15 is 0 Å². The maximum Gasteiger partial charge on any atom is 0.0803 e. The summed E-state index contributed by atoms with van der Waals surface area (Å²) in [7, 11) is 0. The lowest BCUT2D eigenvalue weighted by atomic mass is 9.94. The van der Waals surface area contributed by atoms with E-state index in [2.05, 4.69) is 94.9 Å². The Morgan fingerprint density at radius 1 is 0.325 bits per heavy atom. The molecule has 0 saturated heterocycles. The highest BCUT2D eigenvalue weighted by Crippen LogP contribution is 2.34. The van der Waals surface area contributed by atoms with Gasteiger partial charge in [0.2, 0.25) is 0 Å². The Labute approximate surface area is 233 Å². The second kappa shape index (κ2) is 10.4. The van der Waals surface area contributed by atoms with Gasteiger partial charge >= 0.3 is 0 Å². The molecule has 4 heteroatoms. The number of rotatable bonds is 4. The molecule has 1 aliphatic rings. The number of hydrogen-bond donors (Lipinski definition) is 0. The summed E-state index contributed by atoms with van der Waals surface area (Å²) in [6, 6.07) is 41.5. The molecule has 0 spiro atoms. The minimum Gasteiger partial charge on any atom is -0.264 e. The van der Waals surface area contributed by atoms with Gasteiger partial charge in [0.15, 0.2) is 0 Å². The Balaban J connectivity index is 1.34. The van der Waals surface area contributed by atoms with Gasteiger partial charge in [-0.15, -0.1) is 0 Å². The fourth-order valence-electron chi connectivity index (χ4n) is 5.05. The topological polar surface area (TPSA) is 50.5 Å². The zero-order chi connectivity index (χ0) is 26.7. The highest BCUT2D eigenvalue weighted by atomic mass is 14.8. The molecule has 0 bridgehead atoms. The minimum absolute atomic E-state index is 0.887. The molecular weight excluding hydrogens is 488 g/mol. The molecule has 0 saturated carbocycles. The smallest absolute Gasteiger partial charge is 0.0803 e.